The summed E-state index contributed by atoms with van der Waals surface area (Å²) in [4.78, 5) is 0. The van der Waals surface area contributed by atoms with E-state index in [9.17, 15) is 0 Å². The molecule has 1 N–H and O–H groups in total. The molecule has 0 heterocycles. The van der Waals surface area contributed by atoms with Crippen molar-refractivity contribution in [3.05, 3.63) is 59.2 Å². The predicted molar refractivity (Wildman–Crippen MR) is 80.9 cm³/mol. The lowest BCUT2D eigenvalue weighted by Gasteiger charge is -2.10. The lowest BCUT2D eigenvalue weighted by Crippen LogP contribution is -2.00. The van der Waals surface area contributed by atoms with Crippen LogP contribution < -0.4 is 10.1 Å². The summed E-state index contributed by atoms with van der Waals surface area (Å²) in [6, 6.07) is 14.8. The average Bonchev–Trinajstić information content (AvgIpc) is 2.45. The highest BCUT2D eigenvalue weighted by atomic mass is 16.5. The quantitative estimate of drug-likeness (QED) is 0.865. The van der Waals surface area contributed by atoms with Gasteiger partial charge in [0.05, 0.1) is 7.11 Å². The van der Waals surface area contributed by atoms with Crippen LogP contribution in [0.5, 0.6) is 5.75 Å². The zero-order valence-corrected chi connectivity index (χ0v) is 11.9. The van der Waals surface area contributed by atoms with Crippen LogP contribution in [0, 0.1) is 6.92 Å². The van der Waals surface area contributed by atoms with Crippen LogP contribution >= 0.6 is 0 Å². The fourth-order valence-electron chi connectivity index (χ4n) is 2.16. The third-order valence-corrected chi connectivity index (χ3v) is 3.29. The van der Waals surface area contributed by atoms with Crippen molar-refractivity contribution < 1.29 is 4.74 Å². The zero-order valence-electron chi connectivity index (χ0n) is 11.9. The van der Waals surface area contributed by atoms with Gasteiger partial charge < -0.3 is 10.1 Å². The highest BCUT2D eigenvalue weighted by Crippen LogP contribution is 2.19. The number of nitrogens with one attached hydrogen (secondary N) is 1. The van der Waals surface area contributed by atoms with E-state index >= 15 is 0 Å². The fraction of sp³-hybridized carbons (Fsp3) is 0.294. The van der Waals surface area contributed by atoms with Gasteiger partial charge in [-0.3, -0.25) is 0 Å². The summed E-state index contributed by atoms with van der Waals surface area (Å²) in [5.41, 5.74) is 4.97. The molecule has 2 nitrogen and oxygen atoms in total. The number of rotatable bonds is 5. The molecular formula is C17H21NO. The number of ether oxygens (including phenoxy) is 1. The Morgan fingerprint density at radius 2 is 1.89 bits per heavy atom. The second kappa shape index (κ2) is 6.28. The summed E-state index contributed by atoms with van der Waals surface area (Å²) in [6.07, 6.45) is 1.07. The Labute approximate surface area is 115 Å². The third-order valence-electron chi connectivity index (χ3n) is 3.29. The summed E-state index contributed by atoms with van der Waals surface area (Å²) in [7, 11) is 1.70. The third kappa shape index (κ3) is 3.50. The van der Waals surface area contributed by atoms with Gasteiger partial charge >= 0.3 is 0 Å². The Morgan fingerprint density at radius 3 is 2.58 bits per heavy atom. The Kier molecular flexibility index (Phi) is 4.45. The fourth-order valence-corrected chi connectivity index (χ4v) is 2.16. The molecule has 0 bridgehead atoms. The molecule has 0 aliphatic rings. The SMILES string of the molecule is CCc1cccc(NCc2ccc(OC)c(C)c2)c1. The molecular weight excluding hydrogens is 234 g/mol. The number of hydrogen-bond acceptors (Lipinski definition) is 2. The molecule has 19 heavy (non-hydrogen) atoms. The van der Waals surface area contributed by atoms with Crippen LogP contribution in [-0.4, -0.2) is 7.11 Å². The molecule has 0 spiro atoms. The molecule has 0 saturated heterocycles. The number of hydrogen-bond donors (Lipinski definition) is 1. The topological polar surface area (TPSA) is 21.3 Å². The van der Waals surface area contributed by atoms with E-state index in [-0.39, 0.29) is 0 Å². The first-order valence-corrected chi connectivity index (χ1v) is 6.69. The van der Waals surface area contributed by atoms with Gasteiger partial charge in [-0.25, -0.2) is 0 Å². The van der Waals surface area contributed by atoms with Gasteiger partial charge in [-0.05, 0) is 48.2 Å². The normalized spacial score (nSPS) is 10.3. The first-order valence-electron chi connectivity index (χ1n) is 6.69. The summed E-state index contributed by atoms with van der Waals surface area (Å²) >= 11 is 0. The van der Waals surface area contributed by atoms with Gasteiger partial charge in [0.15, 0.2) is 0 Å². The van der Waals surface area contributed by atoms with E-state index in [1.54, 1.807) is 7.11 Å². The van der Waals surface area contributed by atoms with Gasteiger partial charge in [0.1, 0.15) is 5.75 Å². The second-order valence-electron chi connectivity index (χ2n) is 4.71. The van der Waals surface area contributed by atoms with E-state index in [0.29, 0.717) is 0 Å². The van der Waals surface area contributed by atoms with Gasteiger partial charge in [0, 0.05) is 12.2 Å². The van der Waals surface area contributed by atoms with Gasteiger partial charge in [-0.15, -0.1) is 0 Å². The lowest BCUT2D eigenvalue weighted by atomic mass is 10.1. The zero-order chi connectivity index (χ0) is 13.7. The second-order valence-corrected chi connectivity index (χ2v) is 4.71. The van der Waals surface area contributed by atoms with Crippen LogP contribution in [0.3, 0.4) is 0 Å². The van der Waals surface area contributed by atoms with Crippen molar-refractivity contribution >= 4 is 5.69 Å². The van der Waals surface area contributed by atoms with Gasteiger partial charge in [-0.1, -0.05) is 31.2 Å². The summed E-state index contributed by atoms with van der Waals surface area (Å²) in [5, 5.41) is 3.46. The highest BCUT2D eigenvalue weighted by molar-refractivity contribution is 5.47. The summed E-state index contributed by atoms with van der Waals surface area (Å²) in [5.74, 6) is 0.941. The molecule has 0 fully saturated rings. The maximum absolute atomic E-state index is 5.27. The van der Waals surface area contributed by atoms with Gasteiger partial charge in [-0.2, -0.15) is 0 Å². The van der Waals surface area contributed by atoms with E-state index in [2.05, 4.69) is 55.6 Å². The molecule has 0 amide bonds. The van der Waals surface area contributed by atoms with Crippen LogP contribution in [0.4, 0.5) is 5.69 Å². The Morgan fingerprint density at radius 1 is 1.05 bits per heavy atom. The van der Waals surface area contributed by atoms with E-state index < -0.39 is 0 Å². The molecule has 2 aromatic rings. The monoisotopic (exact) mass is 255 g/mol. The molecule has 0 aliphatic heterocycles. The Balaban J connectivity index is 2.03. The minimum Gasteiger partial charge on any atom is -0.496 e. The average molecular weight is 255 g/mol. The molecule has 0 saturated carbocycles. The predicted octanol–water partition coefficient (Wildman–Crippen LogP) is 4.18. The highest BCUT2D eigenvalue weighted by Gasteiger charge is 2.00. The minimum absolute atomic E-state index is 0.831. The van der Waals surface area contributed by atoms with Crippen molar-refractivity contribution in [2.24, 2.45) is 0 Å². The number of benzene rings is 2. The van der Waals surface area contributed by atoms with E-state index in [0.717, 1.165) is 18.7 Å². The smallest absolute Gasteiger partial charge is 0.121 e. The largest absolute Gasteiger partial charge is 0.496 e. The van der Waals surface area contributed by atoms with Crippen LogP contribution in [0.1, 0.15) is 23.6 Å². The van der Waals surface area contributed by atoms with Crippen molar-refractivity contribution in [1.29, 1.82) is 0 Å². The first-order chi connectivity index (χ1) is 9.22. The first kappa shape index (κ1) is 13.5. The lowest BCUT2D eigenvalue weighted by molar-refractivity contribution is 0.411. The van der Waals surface area contributed by atoms with Gasteiger partial charge in [0.25, 0.3) is 0 Å². The number of methoxy groups -OCH3 is 1. The molecule has 2 heteroatoms. The van der Waals surface area contributed by atoms with Crippen molar-refractivity contribution in [2.75, 3.05) is 12.4 Å². The van der Waals surface area contributed by atoms with E-state index in [1.807, 2.05) is 6.07 Å². The maximum Gasteiger partial charge on any atom is 0.121 e. The minimum atomic E-state index is 0.831. The molecule has 100 valence electrons. The van der Waals surface area contributed by atoms with Gasteiger partial charge in [0.2, 0.25) is 0 Å². The van der Waals surface area contributed by atoms with E-state index in [4.69, 9.17) is 4.74 Å². The maximum atomic E-state index is 5.27. The van der Waals surface area contributed by atoms with Crippen LogP contribution in [0.25, 0.3) is 0 Å². The van der Waals surface area contributed by atoms with Crippen molar-refractivity contribution in [1.82, 2.24) is 0 Å². The number of aryl methyl sites for hydroxylation is 2. The summed E-state index contributed by atoms with van der Waals surface area (Å²) in [6.45, 7) is 5.07. The molecule has 0 unspecified atom stereocenters. The van der Waals surface area contributed by atoms with Crippen LogP contribution in [0.2, 0.25) is 0 Å². The standard InChI is InChI=1S/C17H21NO/c1-4-14-6-5-7-16(11-14)18-12-15-8-9-17(19-3)13(2)10-15/h5-11,18H,4,12H2,1-3H3. The molecule has 2 aromatic carbocycles. The number of anilines is 1. The Bertz CT molecular complexity index is 549. The molecule has 2 rings (SSSR count). The van der Waals surface area contributed by atoms with Crippen molar-refractivity contribution in [2.45, 2.75) is 26.8 Å². The van der Waals surface area contributed by atoms with Crippen molar-refractivity contribution in [3.8, 4) is 5.75 Å². The van der Waals surface area contributed by atoms with Crippen LogP contribution in [-0.2, 0) is 13.0 Å². The molecule has 0 aromatic heterocycles. The van der Waals surface area contributed by atoms with Crippen molar-refractivity contribution in [3.63, 3.8) is 0 Å². The molecule has 0 atom stereocenters. The molecule has 0 radical (unpaired) electrons. The Hall–Kier alpha value is -1.96. The van der Waals surface area contributed by atoms with Crippen LogP contribution in [0.15, 0.2) is 42.5 Å². The van der Waals surface area contributed by atoms with E-state index in [1.165, 1.54) is 22.4 Å². The summed E-state index contributed by atoms with van der Waals surface area (Å²) < 4.78 is 5.27. The molecule has 0 aliphatic carbocycles.